The summed E-state index contributed by atoms with van der Waals surface area (Å²) in [4.78, 5) is 3.34. The molecule has 0 aromatic carbocycles. The van der Waals surface area contributed by atoms with Crippen molar-refractivity contribution >= 4 is 6.21 Å². The molecule has 1 unspecified atom stereocenters. The molecule has 1 aliphatic rings. The molecule has 2 nitrogen and oxygen atoms in total. The summed E-state index contributed by atoms with van der Waals surface area (Å²) in [6, 6.07) is -1.63. The van der Waals surface area contributed by atoms with Crippen LogP contribution in [0.4, 0.5) is 13.2 Å². The number of nitrogens with one attached hydrogen (secondary N) is 1. The molecular weight excluding hydrogens is 145 g/mol. The maximum absolute atomic E-state index is 11.8. The van der Waals surface area contributed by atoms with Crippen LogP contribution in [-0.2, 0) is 0 Å². The lowest BCUT2D eigenvalue weighted by Crippen LogP contribution is -2.41. The van der Waals surface area contributed by atoms with E-state index in [0.29, 0.717) is 0 Å². The third-order valence-electron chi connectivity index (χ3n) is 1.02. The molecule has 5 heteroatoms. The lowest BCUT2D eigenvalue weighted by molar-refractivity contribution is -0.136. The van der Waals surface area contributed by atoms with Crippen LogP contribution in [0.1, 0.15) is 0 Å². The van der Waals surface area contributed by atoms with E-state index in [0.717, 1.165) is 12.4 Å². The monoisotopic (exact) mass is 150 g/mol. The predicted octanol–water partition coefficient (Wildman–Crippen LogP) is 1.06. The van der Waals surface area contributed by atoms with Gasteiger partial charge in [0, 0.05) is 18.6 Å². The van der Waals surface area contributed by atoms with Gasteiger partial charge in [-0.25, -0.2) is 0 Å². The lowest BCUT2D eigenvalue weighted by Gasteiger charge is -2.17. The van der Waals surface area contributed by atoms with Gasteiger partial charge in [0.25, 0.3) is 0 Å². The number of alkyl halides is 3. The van der Waals surface area contributed by atoms with Crippen molar-refractivity contribution in [2.75, 3.05) is 0 Å². The Morgan fingerprint density at radius 1 is 1.40 bits per heavy atom. The Morgan fingerprint density at radius 3 is 2.40 bits per heavy atom. The van der Waals surface area contributed by atoms with Crippen LogP contribution in [-0.4, -0.2) is 18.4 Å². The Balaban J connectivity index is 2.60. The van der Waals surface area contributed by atoms with Crippen molar-refractivity contribution < 1.29 is 13.2 Å². The van der Waals surface area contributed by atoms with Gasteiger partial charge in [0.05, 0.1) is 0 Å². The molecule has 0 amide bonds. The average Bonchev–Trinajstić information content (AvgIpc) is 1.88. The van der Waals surface area contributed by atoms with E-state index in [9.17, 15) is 13.2 Å². The molecule has 0 radical (unpaired) electrons. The summed E-state index contributed by atoms with van der Waals surface area (Å²) >= 11 is 0. The standard InChI is InChI=1S/C5H5F3N2/c6-5(7,8)4-3-9-1-2-10-4/h1-4,10H. The molecule has 0 aliphatic carbocycles. The highest BCUT2D eigenvalue weighted by atomic mass is 19.4. The Hall–Kier alpha value is -1.00. The number of halogens is 3. The molecular formula is C5H5F3N2. The van der Waals surface area contributed by atoms with E-state index in [1.165, 1.54) is 6.20 Å². The summed E-state index contributed by atoms with van der Waals surface area (Å²) in [6.07, 6.45) is -0.991. The molecule has 0 fully saturated rings. The Labute approximate surface area is 55.4 Å². The number of rotatable bonds is 0. The summed E-state index contributed by atoms with van der Waals surface area (Å²) in [5.74, 6) is 0. The summed E-state index contributed by atoms with van der Waals surface area (Å²) in [5.41, 5.74) is 0. The Bertz CT molecular complexity index is 170. The number of hydrogen-bond acceptors (Lipinski definition) is 2. The van der Waals surface area contributed by atoms with Crippen molar-refractivity contribution in [2.45, 2.75) is 12.2 Å². The molecule has 56 valence electrons. The molecule has 1 aliphatic heterocycles. The summed E-state index contributed by atoms with van der Waals surface area (Å²) < 4.78 is 35.3. The molecule has 1 rings (SSSR count). The van der Waals surface area contributed by atoms with Crippen LogP contribution in [0.3, 0.4) is 0 Å². The minimum atomic E-state index is -4.24. The van der Waals surface area contributed by atoms with Crippen molar-refractivity contribution in [2.24, 2.45) is 4.99 Å². The maximum Gasteiger partial charge on any atom is 0.413 e. The zero-order valence-electron chi connectivity index (χ0n) is 4.89. The lowest BCUT2D eigenvalue weighted by atomic mass is 10.3. The van der Waals surface area contributed by atoms with E-state index >= 15 is 0 Å². The van der Waals surface area contributed by atoms with Gasteiger partial charge in [-0.3, -0.25) is 4.99 Å². The van der Waals surface area contributed by atoms with Crippen molar-refractivity contribution in [1.82, 2.24) is 5.32 Å². The highest BCUT2D eigenvalue weighted by molar-refractivity contribution is 5.67. The number of aliphatic imine (C=N–C) groups is 1. The van der Waals surface area contributed by atoms with Crippen molar-refractivity contribution in [3.63, 3.8) is 0 Å². The second kappa shape index (κ2) is 2.32. The van der Waals surface area contributed by atoms with Crippen molar-refractivity contribution in [3.8, 4) is 0 Å². The smallest absolute Gasteiger partial charge is 0.374 e. The van der Waals surface area contributed by atoms with Crippen LogP contribution in [0, 0.1) is 0 Å². The summed E-state index contributed by atoms with van der Waals surface area (Å²) in [7, 11) is 0. The van der Waals surface area contributed by atoms with Gasteiger partial charge in [0.1, 0.15) is 0 Å². The number of nitrogens with zero attached hydrogens (tertiary/aromatic N) is 1. The molecule has 1 heterocycles. The zero-order valence-corrected chi connectivity index (χ0v) is 4.89. The van der Waals surface area contributed by atoms with E-state index in [4.69, 9.17) is 0 Å². The van der Waals surface area contributed by atoms with Crippen LogP contribution in [0.25, 0.3) is 0 Å². The Morgan fingerprint density at radius 2 is 2.10 bits per heavy atom. The second-order valence-corrected chi connectivity index (χ2v) is 1.80. The third-order valence-corrected chi connectivity index (χ3v) is 1.02. The van der Waals surface area contributed by atoms with Crippen LogP contribution in [0.15, 0.2) is 17.4 Å². The molecule has 0 saturated carbocycles. The van der Waals surface area contributed by atoms with Gasteiger partial charge in [0.2, 0.25) is 0 Å². The predicted molar refractivity (Wildman–Crippen MR) is 30.6 cm³/mol. The van der Waals surface area contributed by atoms with Gasteiger partial charge in [0.15, 0.2) is 6.04 Å². The molecule has 0 spiro atoms. The fourth-order valence-corrected chi connectivity index (χ4v) is 0.548. The van der Waals surface area contributed by atoms with Gasteiger partial charge in [-0.1, -0.05) is 0 Å². The molecule has 0 saturated heterocycles. The zero-order chi connectivity index (χ0) is 7.61. The van der Waals surface area contributed by atoms with Crippen LogP contribution < -0.4 is 5.32 Å². The summed E-state index contributed by atoms with van der Waals surface area (Å²) in [6.45, 7) is 0. The molecule has 10 heavy (non-hydrogen) atoms. The van der Waals surface area contributed by atoms with E-state index in [1.54, 1.807) is 0 Å². The van der Waals surface area contributed by atoms with Gasteiger partial charge < -0.3 is 5.32 Å². The minimum Gasteiger partial charge on any atom is -0.374 e. The number of hydrogen-bond donors (Lipinski definition) is 1. The first-order chi connectivity index (χ1) is 4.61. The van der Waals surface area contributed by atoms with E-state index < -0.39 is 12.2 Å². The SMILES string of the molecule is FC(F)(F)C1C=NC=CN1. The molecule has 1 atom stereocenters. The average molecular weight is 150 g/mol. The van der Waals surface area contributed by atoms with E-state index in [2.05, 4.69) is 10.3 Å². The van der Waals surface area contributed by atoms with Crippen molar-refractivity contribution in [3.05, 3.63) is 12.4 Å². The van der Waals surface area contributed by atoms with Gasteiger partial charge in [-0.05, 0) is 0 Å². The fraction of sp³-hybridized carbons (Fsp3) is 0.400. The minimum absolute atomic E-state index is 0.819. The topological polar surface area (TPSA) is 24.4 Å². The quantitative estimate of drug-likeness (QED) is 0.548. The highest BCUT2D eigenvalue weighted by Crippen LogP contribution is 2.19. The largest absolute Gasteiger partial charge is 0.413 e. The van der Waals surface area contributed by atoms with Gasteiger partial charge >= 0.3 is 6.18 Å². The van der Waals surface area contributed by atoms with E-state index in [1.807, 2.05) is 0 Å². The normalized spacial score (nSPS) is 24.5. The van der Waals surface area contributed by atoms with Crippen LogP contribution in [0.2, 0.25) is 0 Å². The first kappa shape index (κ1) is 7.11. The van der Waals surface area contributed by atoms with Gasteiger partial charge in [-0.2, -0.15) is 13.2 Å². The van der Waals surface area contributed by atoms with Crippen molar-refractivity contribution in [1.29, 1.82) is 0 Å². The van der Waals surface area contributed by atoms with E-state index in [-0.39, 0.29) is 0 Å². The maximum atomic E-state index is 11.8. The first-order valence-electron chi connectivity index (χ1n) is 2.62. The molecule has 0 bridgehead atoms. The van der Waals surface area contributed by atoms with Crippen LogP contribution in [0.5, 0.6) is 0 Å². The first-order valence-corrected chi connectivity index (χ1v) is 2.62. The fourth-order valence-electron chi connectivity index (χ4n) is 0.548. The third kappa shape index (κ3) is 1.49. The second-order valence-electron chi connectivity index (χ2n) is 1.80. The molecule has 1 N–H and O–H groups in total. The van der Waals surface area contributed by atoms with Gasteiger partial charge in [-0.15, -0.1) is 0 Å². The molecule has 0 aromatic rings. The summed E-state index contributed by atoms with van der Waals surface area (Å²) in [5, 5.41) is 2.10. The van der Waals surface area contributed by atoms with Crippen LogP contribution >= 0.6 is 0 Å². The molecule has 0 aromatic heterocycles. The Kier molecular flexibility index (Phi) is 1.65. The highest BCUT2D eigenvalue weighted by Gasteiger charge is 2.38.